The number of amides is 1. The van der Waals surface area contributed by atoms with Crippen LogP contribution < -0.4 is 10.2 Å². The Morgan fingerprint density at radius 1 is 1.24 bits per heavy atom. The van der Waals surface area contributed by atoms with Crippen molar-refractivity contribution in [2.45, 2.75) is 33.6 Å². The van der Waals surface area contributed by atoms with Crippen molar-refractivity contribution < 1.29 is 9.53 Å². The highest BCUT2D eigenvalue weighted by Gasteiger charge is 2.06. The van der Waals surface area contributed by atoms with Crippen LogP contribution in [0, 0.1) is 13.8 Å². The zero-order valence-electron chi connectivity index (χ0n) is 14.8. The van der Waals surface area contributed by atoms with E-state index in [1.54, 1.807) is 24.4 Å². The topological polar surface area (TPSA) is 50.7 Å². The van der Waals surface area contributed by atoms with E-state index < -0.39 is 0 Å². The molecule has 0 heterocycles. The van der Waals surface area contributed by atoms with Crippen LogP contribution in [-0.4, -0.2) is 18.7 Å². The summed E-state index contributed by atoms with van der Waals surface area (Å²) in [6, 6.07) is 11.4. The number of aryl methyl sites for hydroxylation is 2. The van der Waals surface area contributed by atoms with Crippen LogP contribution in [0.5, 0.6) is 5.75 Å². The van der Waals surface area contributed by atoms with Crippen molar-refractivity contribution >= 4 is 23.7 Å². The number of nitrogens with one attached hydrogen (secondary N) is 1. The minimum absolute atomic E-state index is 0.166. The van der Waals surface area contributed by atoms with E-state index >= 15 is 0 Å². The van der Waals surface area contributed by atoms with Crippen molar-refractivity contribution in [3.63, 3.8) is 0 Å². The molecule has 1 N–H and O–H groups in total. The lowest BCUT2D eigenvalue weighted by Gasteiger charge is -2.08. The standard InChI is InChI=1S/C20H23ClN2O2/c1-4-9-25-19-8-7-18(21)11-17(19)13-22-23-20(24)12-16-6-5-14(2)10-15(16)3/h5-8,10-11,13H,4,9,12H2,1-3H3,(H,23,24)/b22-13-. The van der Waals surface area contributed by atoms with Gasteiger partial charge in [0.25, 0.3) is 0 Å². The minimum Gasteiger partial charge on any atom is -0.493 e. The van der Waals surface area contributed by atoms with Crippen molar-refractivity contribution in [1.29, 1.82) is 0 Å². The summed E-state index contributed by atoms with van der Waals surface area (Å²) >= 11 is 6.03. The summed E-state index contributed by atoms with van der Waals surface area (Å²) in [6.45, 7) is 6.69. The van der Waals surface area contributed by atoms with E-state index in [0.29, 0.717) is 17.4 Å². The fourth-order valence-corrected chi connectivity index (χ4v) is 2.57. The summed E-state index contributed by atoms with van der Waals surface area (Å²) in [5, 5.41) is 4.62. The molecule has 2 aromatic rings. The number of rotatable bonds is 7. The molecule has 0 unspecified atom stereocenters. The van der Waals surface area contributed by atoms with Gasteiger partial charge in [-0.2, -0.15) is 5.10 Å². The van der Waals surface area contributed by atoms with Gasteiger partial charge in [-0.25, -0.2) is 5.43 Å². The molecule has 0 bridgehead atoms. The molecule has 2 rings (SSSR count). The lowest BCUT2D eigenvalue weighted by Crippen LogP contribution is -2.20. The molecular weight excluding hydrogens is 336 g/mol. The molecule has 0 fully saturated rings. The Kier molecular flexibility index (Phi) is 7.02. The Morgan fingerprint density at radius 2 is 2.04 bits per heavy atom. The highest BCUT2D eigenvalue weighted by atomic mass is 35.5. The Bertz CT molecular complexity index is 772. The van der Waals surface area contributed by atoms with Crippen molar-refractivity contribution in [2.75, 3.05) is 6.61 Å². The average Bonchev–Trinajstić information content (AvgIpc) is 2.57. The fourth-order valence-electron chi connectivity index (χ4n) is 2.39. The molecule has 4 nitrogen and oxygen atoms in total. The minimum atomic E-state index is -0.166. The summed E-state index contributed by atoms with van der Waals surface area (Å²) < 4.78 is 5.66. The van der Waals surface area contributed by atoms with Crippen LogP contribution in [0.15, 0.2) is 41.5 Å². The predicted octanol–water partition coefficient (Wildman–Crippen LogP) is 4.44. The van der Waals surface area contributed by atoms with E-state index in [9.17, 15) is 4.79 Å². The third kappa shape index (κ3) is 5.91. The normalized spacial score (nSPS) is 10.9. The van der Waals surface area contributed by atoms with Crippen LogP contribution >= 0.6 is 11.6 Å². The van der Waals surface area contributed by atoms with E-state index in [0.717, 1.165) is 23.1 Å². The Labute approximate surface area is 153 Å². The third-order valence-electron chi connectivity index (χ3n) is 3.68. The molecule has 0 aliphatic heterocycles. The van der Waals surface area contributed by atoms with E-state index in [1.807, 2.05) is 32.9 Å². The van der Waals surface area contributed by atoms with Gasteiger partial charge in [0.2, 0.25) is 5.91 Å². The Hall–Kier alpha value is -2.33. The molecule has 0 aliphatic rings. The second-order valence-electron chi connectivity index (χ2n) is 5.93. The highest BCUT2D eigenvalue weighted by molar-refractivity contribution is 6.30. The first-order valence-electron chi connectivity index (χ1n) is 8.30. The first-order valence-corrected chi connectivity index (χ1v) is 8.67. The molecule has 0 atom stereocenters. The maximum atomic E-state index is 12.1. The van der Waals surface area contributed by atoms with Gasteiger partial charge in [-0.1, -0.05) is 42.3 Å². The summed E-state index contributed by atoms with van der Waals surface area (Å²) in [5.74, 6) is 0.528. The van der Waals surface area contributed by atoms with Crippen LogP contribution in [0.2, 0.25) is 5.02 Å². The zero-order valence-corrected chi connectivity index (χ0v) is 15.6. The summed E-state index contributed by atoms with van der Waals surface area (Å²) in [5.41, 5.74) is 6.56. The van der Waals surface area contributed by atoms with Crippen LogP contribution in [0.25, 0.3) is 0 Å². The number of carbonyl (C=O) groups is 1. The average molecular weight is 359 g/mol. The quantitative estimate of drug-likeness (QED) is 0.587. The summed E-state index contributed by atoms with van der Waals surface area (Å²) in [4.78, 5) is 12.1. The van der Waals surface area contributed by atoms with Gasteiger partial charge in [0, 0.05) is 10.6 Å². The van der Waals surface area contributed by atoms with Gasteiger partial charge >= 0.3 is 0 Å². The van der Waals surface area contributed by atoms with Gasteiger partial charge in [0.15, 0.2) is 0 Å². The molecule has 25 heavy (non-hydrogen) atoms. The van der Waals surface area contributed by atoms with Crippen LogP contribution in [-0.2, 0) is 11.2 Å². The SMILES string of the molecule is CCCOc1ccc(Cl)cc1/C=N\NC(=O)Cc1ccc(C)cc1C. The van der Waals surface area contributed by atoms with Crippen LogP contribution in [0.4, 0.5) is 0 Å². The number of ether oxygens (including phenoxy) is 1. The second kappa shape index (κ2) is 9.23. The molecule has 132 valence electrons. The molecule has 0 saturated heterocycles. The molecule has 0 aromatic heterocycles. The number of hydrogen-bond acceptors (Lipinski definition) is 3. The molecule has 1 amide bonds. The molecule has 5 heteroatoms. The number of benzene rings is 2. The van der Waals surface area contributed by atoms with Gasteiger partial charge < -0.3 is 4.74 Å². The maximum Gasteiger partial charge on any atom is 0.244 e. The first kappa shape index (κ1) is 19.0. The Morgan fingerprint density at radius 3 is 2.76 bits per heavy atom. The monoisotopic (exact) mass is 358 g/mol. The first-order chi connectivity index (χ1) is 12.0. The number of hydrazone groups is 1. The summed E-state index contributed by atoms with van der Waals surface area (Å²) in [6.07, 6.45) is 2.75. The fraction of sp³-hybridized carbons (Fsp3) is 0.300. The number of halogens is 1. The van der Waals surface area contributed by atoms with Gasteiger partial charge in [-0.05, 0) is 49.6 Å². The number of hydrogen-bond donors (Lipinski definition) is 1. The van der Waals surface area contributed by atoms with E-state index in [-0.39, 0.29) is 12.3 Å². The van der Waals surface area contributed by atoms with E-state index in [2.05, 4.69) is 16.6 Å². The third-order valence-corrected chi connectivity index (χ3v) is 3.91. The molecule has 0 aliphatic carbocycles. The predicted molar refractivity (Wildman–Crippen MR) is 103 cm³/mol. The van der Waals surface area contributed by atoms with Gasteiger partial charge in [0.05, 0.1) is 19.2 Å². The Balaban J connectivity index is 2.00. The van der Waals surface area contributed by atoms with Gasteiger partial charge in [-0.15, -0.1) is 0 Å². The van der Waals surface area contributed by atoms with Crippen molar-refractivity contribution in [2.24, 2.45) is 5.10 Å². The highest BCUT2D eigenvalue weighted by Crippen LogP contribution is 2.21. The molecule has 2 aromatic carbocycles. The van der Waals surface area contributed by atoms with Gasteiger partial charge in [0.1, 0.15) is 5.75 Å². The smallest absolute Gasteiger partial charge is 0.244 e. The molecular formula is C20H23ClN2O2. The maximum absolute atomic E-state index is 12.1. The zero-order chi connectivity index (χ0) is 18.2. The van der Waals surface area contributed by atoms with Crippen LogP contribution in [0.3, 0.4) is 0 Å². The van der Waals surface area contributed by atoms with Crippen molar-refractivity contribution in [1.82, 2.24) is 5.43 Å². The van der Waals surface area contributed by atoms with Crippen molar-refractivity contribution in [3.05, 3.63) is 63.7 Å². The van der Waals surface area contributed by atoms with Crippen molar-refractivity contribution in [3.8, 4) is 5.75 Å². The molecule has 0 spiro atoms. The second-order valence-corrected chi connectivity index (χ2v) is 6.37. The largest absolute Gasteiger partial charge is 0.493 e. The molecule has 0 radical (unpaired) electrons. The summed E-state index contributed by atoms with van der Waals surface area (Å²) in [7, 11) is 0. The van der Waals surface area contributed by atoms with E-state index in [1.165, 1.54) is 5.56 Å². The van der Waals surface area contributed by atoms with Crippen LogP contribution in [0.1, 0.15) is 35.6 Å². The van der Waals surface area contributed by atoms with E-state index in [4.69, 9.17) is 16.3 Å². The number of nitrogens with zero attached hydrogens (tertiary/aromatic N) is 1. The van der Waals surface area contributed by atoms with Gasteiger partial charge in [-0.3, -0.25) is 4.79 Å². The number of carbonyl (C=O) groups excluding carboxylic acids is 1. The molecule has 0 saturated carbocycles. The lowest BCUT2D eigenvalue weighted by atomic mass is 10.0. The lowest BCUT2D eigenvalue weighted by molar-refractivity contribution is -0.120.